The van der Waals surface area contributed by atoms with Gasteiger partial charge >= 0.3 is 0 Å². The number of hydrogen-bond donors (Lipinski definition) is 1. The van der Waals surface area contributed by atoms with E-state index in [1.165, 1.54) is 12.1 Å². The first kappa shape index (κ1) is 16.8. The zero-order valence-corrected chi connectivity index (χ0v) is 13.3. The molecule has 0 atom stereocenters. The van der Waals surface area contributed by atoms with Gasteiger partial charge in [-0.25, -0.2) is 4.39 Å². The quantitative estimate of drug-likeness (QED) is 0.799. The molecular weight excluding hydrogens is 297 g/mol. The van der Waals surface area contributed by atoms with E-state index in [1.54, 1.807) is 12.1 Å². The summed E-state index contributed by atoms with van der Waals surface area (Å²) in [7, 11) is 0. The molecule has 0 spiro atoms. The van der Waals surface area contributed by atoms with Crippen molar-refractivity contribution in [2.45, 2.75) is 13.8 Å². The molecule has 23 heavy (non-hydrogen) atoms. The van der Waals surface area contributed by atoms with Gasteiger partial charge in [-0.3, -0.25) is 4.79 Å². The number of para-hydroxylation sites is 1. The fourth-order valence-corrected chi connectivity index (χ4v) is 1.99. The molecule has 122 valence electrons. The molecule has 0 saturated heterocycles. The summed E-state index contributed by atoms with van der Waals surface area (Å²) in [4.78, 5) is 11.6. The molecule has 0 saturated carbocycles. The van der Waals surface area contributed by atoms with Crippen LogP contribution in [0.25, 0.3) is 0 Å². The summed E-state index contributed by atoms with van der Waals surface area (Å²) in [5, 5.41) is 2.67. The molecule has 0 fully saturated rings. The van der Waals surface area contributed by atoms with Crippen molar-refractivity contribution in [3.8, 4) is 11.5 Å². The topological polar surface area (TPSA) is 47.6 Å². The Morgan fingerprint density at radius 3 is 2.57 bits per heavy atom. The van der Waals surface area contributed by atoms with Gasteiger partial charge < -0.3 is 14.8 Å². The highest BCUT2D eigenvalue weighted by atomic mass is 19.1. The summed E-state index contributed by atoms with van der Waals surface area (Å²) in [5.41, 5.74) is 2.24. The molecule has 4 nitrogen and oxygen atoms in total. The van der Waals surface area contributed by atoms with E-state index in [0.717, 1.165) is 16.9 Å². The van der Waals surface area contributed by atoms with Gasteiger partial charge in [0.05, 0.1) is 6.54 Å². The summed E-state index contributed by atoms with van der Waals surface area (Å²) in [6.45, 7) is 4.49. The van der Waals surface area contributed by atoms with Gasteiger partial charge in [0.25, 0.3) is 5.91 Å². The molecule has 0 aromatic heterocycles. The van der Waals surface area contributed by atoms with Gasteiger partial charge in [0.1, 0.15) is 12.4 Å². The smallest absolute Gasteiger partial charge is 0.258 e. The summed E-state index contributed by atoms with van der Waals surface area (Å²) < 4.78 is 24.1. The lowest BCUT2D eigenvalue weighted by Gasteiger charge is -2.11. The predicted octanol–water partition coefficient (Wildman–Crippen LogP) is 3.02. The molecule has 0 unspecified atom stereocenters. The number of nitrogens with one attached hydrogen (secondary N) is 1. The lowest BCUT2D eigenvalue weighted by Crippen LogP contribution is -2.32. The van der Waals surface area contributed by atoms with Gasteiger partial charge in [-0.15, -0.1) is 0 Å². The monoisotopic (exact) mass is 317 g/mol. The molecule has 1 N–H and O–H groups in total. The number of aryl methyl sites for hydroxylation is 1. The fourth-order valence-electron chi connectivity index (χ4n) is 1.99. The van der Waals surface area contributed by atoms with E-state index in [2.05, 4.69) is 5.32 Å². The molecule has 2 aromatic rings. The molecule has 0 radical (unpaired) electrons. The molecule has 0 aliphatic heterocycles. The van der Waals surface area contributed by atoms with E-state index in [1.807, 2.05) is 32.0 Å². The molecule has 2 aromatic carbocycles. The standard InChI is InChI=1S/C18H20FNO3/c1-13-6-5-9-16(14(13)2)22-11-10-20-18(21)12-23-17-8-4-3-7-15(17)19/h3-9H,10-12H2,1-2H3,(H,20,21). The van der Waals surface area contributed by atoms with Crippen LogP contribution in [0, 0.1) is 19.7 Å². The maximum atomic E-state index is 13.3. The van der Waals surface area contributed by atoms with Crippen LogP contribution in [0.15, 0.2) is 42.5 Å². The van der Waals surface area contributed by atoms with Crippen LogP contribution >= 0.6 is 0 Å². The van der Waals surface area contributed by atoms with Crippen LogP contribution in [0.3, 0.4) is 0 Å². The Hall–Kier alpha value is -2.56. The Bertz CT molecular complexity index is 673. The second-order valence-electron chi connectivity index (χ2n) is 5.12. The highest BCUT2D eigenvalue weighted by molar-refractivity contribution is 5.77. The van der Waals surface area contributed by atoms with Crippen molar-refractivity contribution < 1.29 is 18.7 Å². The van der Waals surface area contributed by atoms with Crippen LogP contribution in [0.4, 0.5) is 4.39 Å². The van der Waals surface area contributed by atoms with E-state index in [0.29, 0.717) is 13.2 Å². The molecule has 0 bridgehead atoms. The lowest BCUT2D eigenvalue weighted by atomic mass is 10.1. The number of amides is 1. The largest absolute Gasteiger partial charge is 0.491 e. The minimum absolute atomic E-state index is 0.0642. The first-order valence-electron chi connectivity index (χ1n) is 7.41. The maximum Gasteiger partial charge on any atom is 0.258 e. The van der Waals surface area contributed by atoms with Crippen molar-refractivity contribution in [1.29, 1.82) is 0 Å². The van der Waals surface area contributed by atoms with E-state index in [9.17, 15) is 9.18 Å². The SMILES string of the molecule is Cc1cccc(OCCNC(=O)COc2ccccc2F)c1C. The van der Waals surface area contributed by atoms with Gasteiger partial charge in [0.15, 0.2) is 18.2 Å². The highest BCUT2D eigenvalue weighted by Crippen LogP contribution is 2.20. The van der Waals surface area contributed by atoms with Crippen LogP contribution in [0.5, 0.6) is 11.5 Å². The molecule has 2 rings (SSSR count). The molecule has 0 heterocycles. The molecule has 5 heteroatoms. The van der Waals surface area contributed by atoms with Crippen LogP contribution in [-0.4, -0.2) is 25.7 Å². The summed E-state index contributed by atoms with van der Waals surface area (Å²) in [6.07, 6.45) is 0. The first-order valence-corrected chi connectivity index (χ1v) is 7.41. The van der Waals surface area contributed by atoms with Gasteiger partial charge in [0.2, 0.25) is 0 Å². The van der Waals surface area contributed by atoms with E-state index in [4.69, 9.17) is 9.47 Å². The number of ether oxygens (including phenoxy) is 2. The van der Waals surface area contributed by atoms with Crippen molar-refractivity contribution in [1.82, 2.24) is 5.32 Å². The third-order valence-corrected chi connectivity index (χ3v) is 3.43. The van der Waals surface area contributed by atoms with Crippen molar-refractivity contribution in [2.24, 2.45) is 0 Å². The number of halogens is 1. The van der Waals surface area contributed by atoms with E-state index in [-0.39, 0.29) is 18.3 Å². The Morgan fingerprint density at radius 2 is 1.78 bits per heavy atom. The number of benzene rings is 2. The summed E-state index contributed by atoms with van der Waals surface area (Å²) >= 11 is 0. The minimum Gasteiger partial charge on any atom is -0.491 e. The van der Waals surface area contributed by atoms with Crippen molar-refractivity contribution in [2.75, 3.05) is 19.8 Å². The molecule has 0 aliphatic rings. The average Bonchev–Trinajstić information content (AvgIpc) is 2.54. The average molecular weight is 317 g/mol. The molecular formula is C18H20FNO3. The van der Waals surface area contributed by atoms with Crippen molar-refractivity contribution in [3.05, 3.63) is 59.4 Å². The van der Waals surface area contributed by atoms with Crippen LogP contribution < -0.4 is 14.8 Å². The predicted molar refractivity (Wildman–Crippen MR) is 86.3 cm³/mol. The lowest BCUT2D eigenvalue weighted by molar-refractivity contribution is -0.123. The van der Waals surface area contributed by atoms with Crippen molar-refractivity contribution in [3.63, 3.8) is 0 Å². The zero-order valence-electron chi connectivity index (χ0n) is 13.3. The van der Waals surface area contributed by atoms with Gasteiger partial charge in [-0.1, -0.05) is 24.3 Å². The van der Waals surface area contributed by atoms with Crippen LogP contribution in [0.1, 0.15) is 11.1 Å². The Labute approximate surface area is 135 Å². The second kappa shape index (κ2) is 8.17. The number of carbonyl (C=O) groups is 1. The van der Waals surface area contributed by atoms with E-state index < -0.39 is 5.82 Å². The molecule has 0 aliphatic carbocycles. The Balaban J connectivity index is 1.69. The molecule has 1 amide bonds. The fraction of sp³-hybridized carbons (Fsp3) is 0.278. The van der Waals surface area contributed by atoms with Crippen LogP contribution in [0.2, 0.25) is 0 Å². The van der Waals surface area contributed by atoms with Crippen molar-refractivity contribution >= 4 is 5.91 Å². The van der Waals surface area contributed by atoms with Gasteiger partial charge in [0, 0.05) is 0 Å². The summed E-state index contributed by atoms with van der Waals surface area (Å²) in [5.74, 6) is 0.0625. The Kier molecular flexibility index (Phi) is 5.97. The Morgan fingerprint density at radius 1 is 1.04 bits per heavy atom. The maximum absolute atomic E-state index is 13.3. The van der Waals surface area contributed by atoms with Gasteiger partial charge in [-0.05, 0) is 43.2 Å². The summed E-state index contributed by atoms with van der Waals surface area (Å²) in [6, 6.07) is 11.8. The third kappa shape index (κ3) is 4.98. The number of hydrogen-bond acceptors (Lipinski definition) is 3. The number of carbonyl (C=O) groups excluding carboxylic acids is 1. The highest BCUT2D eigenvalue weighted by Gasteiger charge is 2.06. The number of rotatable bonds is 7. The minimum atomic E-state index is -0.487. The van der Waals surface area contributed by atoms with E-state index >= 15 is 0 Å². The normalized spacial score (nSPS) is 10.2. The zero-order chi connectivity index (χ0) is 16.7. The van der Waals surface area contributed by atoms with Gasteiger partial charge in [-0.2, -0.15) is 0 Å². The third-order valence-electron chi connectivity index (χ3n) is 3.43. The first-order chi connectivity index (χ1) is 11.1. The van der Waals surface area contributed by atoms with Crippen LogP contribution in [-0.2, 0) is 4.79 Å². The second-order valence-corrected chi connectivity index (χ2v) is 5.12.